The van der Waals surface area contributed by atoms with Gasteiger partial charge in [0.1, 0.15) is 33.1 Å². The standard InChI is InChI=1S/C15H14F2N2OS/c1-18-15-12(13(20-2)8-6-7-8)19-14(21-15)11-9(16)4-3-5-10(11)17/h3-5,18H,6-7H2,1-2H3. The van der Waals surface area contributed by atoms with Crippen LogP contribution in [0, 0.1) is 11.6 Å². The average molecular weight is 308 g/mol. The van der Waals surface area contributed by atoms with Crippen LogP contribution in [0.1, 0.15) is 18.5 Å². The Bertz CT molecular complexity index is 698. The molecule has 0 amide bonds. The predicted molar refractivity (Wildman–Crippen MR) is 80.2 cm³/mol. The summed E-state index contributed by atoms with van der Waals surface area (Å²) in [4.78, 5) is 4.40. The van der Waals surface area contributed by atoms with Crippen LogP contribution in [0.5, 0.6) is 0 Å². The maximum absolute atomic E-state index is 13.9. The highest BCUT2D eigenvalue weighted by molar-refractivity contribution is 7.19. The number of rotatable bonds is 4. The Labute approximate surface area is 125 Å². The van der Waals surface area contributed by atoms with E-state index < -0.39 is 11.6 Å². The van der Waals surface area contributed by atoms with Gasteiger partial charge in [0, 0.05) is 7.05 Å². The molecule has 3 nitrogen and oxygen atoms in total. The first-order valence-corrected chi connectivity index (χ1v) is 7.36. The molecule has 2 aromatic rings. The van der Waals surface area contributed by atoms with Gasteiger partial charge in [0.05, 0.1) is 12.7 Å². The van der Waals surface area contributed by atoms with Gasteiger partial charge < -0.3 is 10.1 Å². The van der Waals surface area contributed by atoms with Crippen molar-refractivity contribution in [3.63, 3.8) is 0 Å². The lowest BCUT2D eigenvalue weighted by Gasteiger charge is -2.04. The summed E-state index contributed by atoms with van der Waals surface area (Å²) in [5, 5.41) is 4.07. The van der Waals surface area contributed by atoms with Crippen LogP contribution in [-0.2, 0) is 4.74 Å². The molecule has 0 spiro atoms. The molecule has 1 aliphatic rings. The normalized spacial score (nSPS) is 13.2. The van der Waals surface area contributed by atoms with Crippen molar-refractivity contribution in [2.45, 2.75) is 12.8 Å². The second-order valence-corrected chi connectivity index (χ2v) is 5.68. The smallest absolute Gasteiger partial charge is 0.146 e. The van der Waals surface area contributed by atoms with Gasteiger partial charge >= 0.3 is 0 Å². The lowest BCUT2D eigenvalue weighted by atomic mass is 10.2. The summed E-state index contributed by atoms with van der Waals surface area (Å²) in [5.41, 5.74) is 1.71. The zero-order chi connectivity index (χ0) is 15.0. The van der Waals surface area contributed by atoms with E-state index in [1.165, 1.54) is 35.1 Å². The van der Waals surface area contributed by atoms with Crippen LogP contribution in [-0.4, -0.2) is 19.1 Å². The zero-order valence-corrected chi connectivity index (χ0v) is 12.5. The minimum Gasteiger partial charge on any atom is -0.494 e. The molecule has 1 aromatic carbocycles. The van der Waals surface area contributed by atoms with Gasteiger partial charge in [-0.15, -0.1) is 0 Å². The van der Waals surface area contributed by atoms with Crippen molar-refractivity contribution in [1.29, 1.82) is 0 Å². The summed E-state index contributed by atoms with van der Waals surface area (Å²) in [6, 6.07) is 3.80. The van der Waals surface area contributed by atoms with E-state index in [0.717, 1.165) is 17.8 Å². The maximum Gasteiger partial charge on any atom is 0.146 e. The van der Waals surface area contributed by atoms with E-state index in [2.05, 4.69) is 10.3 Å². The number of halogens is 2. The fourth-order valence-electron chi connectivity index (χ4n) is 2.15. The molecule has 0 saturated heterocycles. The third kappa shape index (κ3) is 2.51. The number of aromatic nitrogens is 1. The third-order valence-corrected chi connectivity index (χ3v) is 4.36. The maximum atomic E-state index is 13.9. The first kappa shape index (κ1) is 14.0. The van der Waals surface area contributed by atoms with Gasteiger partial charge in [-0.05, 0) is 30.5 Å². The Balaban J connectivity index is 2.14. The summed E-state index contributed by atoms with van der Waals surface area (Å²) in [7, 11) is 3.34. The first-order chi connectivity index (χ1) is 10.2. The van der Waals surface area contributed by atoms with E-state index in [9.17, 15) is 8.78 Å². The SMILES string of the molecule is CNc1sc(-c2c(F)cccc2F)nc1C(OC)=C1CC1. The molecule has 0 atom stereocenters. The lowest BCUT2D eigenvalue weighted by molar-refractivity contribution is 0.367. The summed E-state index contributed by atoms with van der Waals surface area (Å²) >= 11 is 1.21. The Morgan fingerprint density at radius 1 is 1.29 bits per heavy atom. The molecule has 0 bridgehead atoms. The quantitative estimate of drug-likeness (QED) is 0.856. The minimum atomic E-state index is -0.615. The second kappa shape index (κ2) is 5.44. The van der Waals surface area contributed by atoms with Gasteiger partial charge in [-0.2, -0.15) is 0 Å². The molecule has 1 aliphatic carbocycles. The van der Waals surface area contributed by atoms with Crippen LogP contribution < -0.4 is 5.32 Å². The number of methoxy groups -OCH3 is 1. The van der Waals surface area contributed by atoms with Crippen LogP contribution in [0.25, 0.3) is 16.3 Å². The molecular formula is C15H14F2N2OS. The lowest BCUT2D eigenvalue weighted by Crippen LogP contribution is -1.95. The Hall–Kier alpha value is -1.95. The molecule has 1 heterocycles. The number of thiazole rings is 1. The monoisotopic (exact) mass is 308 g/mol. The zero-order valence-electron chi connectivity index (χ0n) is 11.7. The Kier molecular flexibility index (Phi) is 3.63. The van der Waals surface area contributed by atoms with E-state index in [4.69, 9.17) is 4.74 Å². The number of nitrogens with one attached hydrogen (secondary N) is 1. The summed E-state index contributed by atoms with van der Waals surface area (Å²) in [5.74, 6) is -0.523. The Morgan fingerprint density at radius 3 is 2.48 bits per heavy atom. The number of nitrogens with zero attached hydrogens (tertiary/aromatic N) is 1. The molecule has 21 heavy (non-hydrogen) atoms. The molecule has 110 valence electrons. The molecule has 3 rings (SSSR count). The molecule has 1 saturated carbocycles. The van der Waals surface area contributed by atoms with Crippen LogP contribution in [0.4, 0.5) is 13.8 Å². The van der Waals surface area contributed by atoms with E-state index >= 15 is 0 Å². The topological polar surface area (TPSA) is 34.2 Å². The summed E-state index contributed by atoms with van der Waals surface area (Å²) in [6.45, 7) is 0. The Morgan fingerprint density at radius 2 is 1.95 bits per heavy atom. The van der Waals surface area contributed by atoms with Crippen molar-refractivity contribution in [3.05, 3.63) is 41.1 Å². The molecular weight excluding hydrogens is 294 g/mol. The van der Waals surface area contributed by atoms with Gasteiger partial charge in [-0.25, -0.2) is 13.8 Å². The van der Waals surface area contributed by atoms with Crippen molar-refractivity contribution in [2.75, 3.05) is 19.5 Å². The molecule has 1 aromatic heterocycles. The van der Waals surface area contributed by atoms with Crippen LogP contribution in [0.2, 0.25) is 0 Å². The number of benzene rings is 1. The van der Waals surface area contributed by atoms with E-state index in [1.807, 2.05) is 0 Å². The largest absolute Gasteiger partial charge is 0.494 e. The van der Waals surface area contributed by atoms with Crippen molar-refractivity contribution < 1.29 is 13.5 Å². The number of anilines is 1. The average Bonchev–Trinajstić information content (AvgIpc) is 3.20. The highest BCUT2D eigenvalue weighted by Gasteiger charge is 2.26. The van der Waals surface area contributed by atoms with Gasteiger partial charge in [0.15, 0.2) is 0 Å². The van der Waals surface area contributed by atoms with Crippen molar-refractivity contribution in [3.8, 4) is 10.6 Å². The van der Waals surface area contributed by atoms with Crippen LogP contribution in [0.15, 0.2) is 23.8 Å². The summed E-state index contributed by atoms with van der Waals surface area (Å²) in [6.07, 6.45) is 1.96. The van der Waals surface area contributed by atoms with E-state index in [1.54, 1.807) is 14.2 Å². The molecule has 6 heteroatoms. The highest BCUT2D eigenvalue weighted by Crippen LogP contribution is 2.42. The van der Waals surface area contributed by atoms with E-state index in [-0.39, 0.29) is 5.56 Å². The summed E-state index contributed by atoms with van der Waals surface area (Å²) < 4.78 is 33.2. The number of hydrogen-bond donors (Lipinski definition) is 1. The van der Waals surface area contributed by atoms with Gasteiger partial charge in [-0.1, -0.05) is 17.4 Å². The van der Waals surface area contributed by atoms with Gasteiger partial charge in [-0.3, -0.25) is 0 Å². The minimum absolute atomic E-state index is 0.0958. The molecule has 0 unspecified atom stereocenters. The van der Waals surface area contributed by atoms with Gasteiger partial charge in [0.25, 0.3) is 0 Å². The first-order valence-electron chi connectivity index (χ1n) is 6.55. The van der Waals surface area contributed by atoms with Crippen molar-refractivity contribution in [1.82, 2.24) is 4.98 Å². The number of ether oxygens (including phenoxy) is 1. The van der Waals surface area contributed by atoms with Crippen molar-refractivity contribution >= 4 is 22.1 Å². The fraction of sp³-hybridized carbons (Fsp3) is 0.267. The third-order valence-electron chi connectivity index (χ3n) is 3.27. The number of allylic oxidation sites excluding steroid dienone is 1. The molecule has 1 fully saturated rings. The second-order valence-electron chi connectivity index (χ2n) is 4.68. The fourth-order valence-corrected chi connectivity index (χ4v) is 3.11. The van der Waals surface area contributed by atoms with Crippen LogP contribution in [0.3, 0.4) is 0 Å². The van der Waals surface area contributed by atoms with Crippen LogP contribution >= 0.6 is 11.3 Å². The predicted octanol–water partition coefficient (Wildman–Crippen LogP) is 4.28. The molecule has 1 N–H and O–H groups in total. The molecule has 0 aliphatic heterocycles. The van der Waals surface area contributed by atoms with E-state index in [0.29, 0.717) is 16.5 Å². The highest BCUT2D eigenvalue weighted by atomic mass is 32.1. The molecule has 0 radical (unpaired) electrons. The van der Waals surface area contributed by atoms with Crippen molar-refractivity contribution in [2.24, 2.45) is 0 Å². The van der Waals surface area contributed by atoms with Gasteiger partial charge in [0.2, 0.25) is 0 Å². The number of hydrogen-bond acceptors (Lipinski definition) is 4.